The number of alkyl halides is 3. The van der Waals surface area contributed by atoms with Crippen molar-refractivity contribution in [2.75, 3.05) is 6.54 Å². The number of carboxylic acids is 1. The van der Waals surface area contributed by atoms with Crippen LogP contribution in [0.4, 0.5) is 13.2 Å². The van der Waals surface area contributed by atoms with Crippen LogP contribution in [0.15, 0.2) is 0 Å². The molecule has 1 N–H and O–H groups in total. The minimum Gasteiger partial charge on any atom is -0.481 e. The Hall–Kier alpha value is -2.06. The number of carboxylic acid groups (broad SMARTS) is 1. The first-order valence-corrected chi connectivity index (χ1v) is 8.56. The molecule has 1 aliphatic rings. The molecule has 26 heavy (non-hydrogen) atoms. The van der Waals surface area contributed by atoms with Crippen molar-refractivity contribution in [1.82, 2.24) is 14.7 Å². The number of rotatable bonds is 7. The third-order valence-electron chi connectivity index (χ3n) is 4.73. The van der Waals surface area contributed by atoms with Crippen LogP contribution in [0.5, 0.6) is 0 Å². The van der Waals surface area contributed by atoms with Gasteiger partial charge in [-0.05, 0) is 33.6 Å². The molecule has 9 heteroatoms. The molecule has 0 radical (unpaired) electrons. The minimum absolute atomic E-state index is 0.0117. The average molecular weight is 375 g/mol. The predicted molar refractivity (Wildman–Crippen MR) is 87.7 cm³/mol. The van der Waals surface area contributed by atoms with Crippen molar-refractivity contribution in [2.24, 2.45) is 5.92 Å². The monoisotopic (exact) mass is 375 g/mol. The summed E-state index contributed by atoms with van der Waals surface area (Å²) in [6, 6.07) is 0.0117. The van der Waals surface area contributed by atoms with Crippen LogP contribution in [0.2, 0.25) is 0 Å². The van der Waals surface area contributed by atoms with Crippen molar-refractivity contribution < 1.29 is 27.9 Å². The Morgan fingerprint density at radius 2 is 1.88 bits per heavy atom. The second-order valence-corrected chi connectivity index (χ2v) is 7.04. The SMILES string of the molecule is Cc1nn(CC(F)(F)F)c(C)c1C(C)C(=O)N(CC(C)C(=O)O)C1CC1. The summed E-state index contributed by atoms with van der Waals surface area (Å²) >= 11 is 0. The summed E-state index contributed by atoms with van der Waals surface area (Å²) < 4.78 is 38.9. The van der Waals surface area contributed by atoms with Crippen molar-refractivity contribution in [3.05, 3.63) is 17.0 Å². The highest BCUT2D eigenvalue weighted by molar-refractivity contribution is 5.85. The Bertz CT molecular complexity index is 695. The van der Waals surface area contributed by atoms with Crippen LogP contribution in [0.3, 0.4) is 0 Å². The summed E-state index contributed by atoms with van der Waals surface area (Å²) in [7, 11) is 0. The van der Waals surface area contributed by atoms with Crippen LogP contribution in [0.1, 0.15) is 49.6 Å². The normalized spacial score (nSPS) is 17.0. The molecule has 1 aliphatic carbocycles. The lowest BCUT2D eigenvalue weighted by atomic mass is 9.97. The third-order valence-corrected chi connectivity index (χ3v) is 4.73. The number of amides is 1. The number of hydrogen-bond acceptors (Lipinski definition) is 3. The van der Waals surface area contributed by atoms with Crippen LogP contribution in [0.25, 0.3) is 0 Å². The molecule has 2 rings (SSSR count). The predicted octanol–water partition coefficient (Wildman–Crippen LogP) is 2.88. The van der Waals surface area contributed by atoms with E-state index in [1.807, 2.05) is 0 Å². The van der Waals surface area contributed by atoms with Gasteiger partial charge in [0.25, 0.3) is 0 Å². The van der Waals surface area contributed by atoms with Gasteiger partial charge in [0.1, 0.15) is 6.54 Å². The highest BCUT2D eigenvalue weighted by Gasteiger charge is 2.38. The van der Waals surface area contributed by atoms with Gasteiger partial charge in [-0.2, -0.15) is 18.3 Å². The molecule has 1 aromatic rings. The quantitative estimate of drug-likeness (QED) is 0.795. The maximum absolute atomic E-state index is 13.0. The second-order valence-electron chi connectivity index (χ2n) is 7.04. The van der Waals surface area contributed by atoms with E-state index < -0.39 is 30.5 Å². The van der Waals surface area contributed by atoms with Gasteiger partial charge in [-0.3, -0.25) is 14.3 Å². The summed E-state index contributed by atoms with van der Waals surface area (Å²) in [6.45, 7) is 5.17. The largest absolute Gasteiger partial charge is 0.481 e. The second kappa shape index (κ2) is 7.28. The Labute approximate surface area is 150 Å². The smallest absolute Gasteiger partial charge is 0.408 e. The molecule has 6 nitrogen and oxygen atoms in total. The zero-order valence-electron chi connectivity index (χ0n) is 15.3. The number of carbonyl (C=O) groups excluding carboxylic acids is 1. The topological polar surface area (TPSA) is 75.4 Å². The number of hydrogen-bond donors (Lipinski definition) is 1. The van der Waals surface area contributed by atoms with E-state index in [9.17, 15) is 22.8 Å². The fourth-order valence-corrected chi connectivity index (χ4v) is 3.21. The Kier molecular flexibility index (Phi) is 5.67. The molecule has 0 spiro atoms. The Balaban J connectivity index is 2.25. The van der Waals surface area contributed by atoms with Crippen molar-refractivity contribution >= 4 is 11.9 Å². The summed E-state index contributed by atoms with van der Waals surface area (Å²) in [5, 5.41) is 13.1. The molecule has 146 valence electrons. The number of halogens is 3. The van der Waals surface area contributed by atoms with E-state index in [1.54, 1.807) is 18.7 Å². The van der Waals surface area contributed by atoms with Crippen LogP contribution in [0, 0.1) is 19.8 Å². The first-order valence-electron chi connectivity index (χ1n) is 8.56. The number of carbonyl (C=O) groups is 2. The summed E-state index contributed by atoms with van der Waals surface area (Å²) in [5.74, 6) is -2.64. The highest BCUT2D eigenvalue weighted by Crippen LogP contribution is 2.33. The summed E-state index contributed by atoms with van der Waals surface area (Å²) in [5.41, 5.74) is 1.17. The molecule has 1 aromatic heterocycles. The molecule has 1 fully saturated rings. The zero-order valence-corrected chi connectivity index (χ0v) is 15.3. The van der Waals surface area contributed by atoms with Gasteiger partial charge in [-0.25, -0.2) is 0 Å². The minimum atomic E-state index is -4.40. The first-order chi connectivity index (χ1) is 11.9. The zero-order chi connectivity index (χ0) is 19.8. The van der Waals surface area contributed by atoms with Gasteiger partial charge in [-0.1, -0.05) is 6.92 Å². The van der Waals surface area contributed by atoms with E-state index in [0.717, 1.165) is 17.5 Å². The van der Waals surface area contributed by atoms with E-state index in [2.05, 4.69) is 5.10 Å². The van der Waals surface area contributed by atoms with Crippen molar-refractivity contribution in [2.45, 2.75) is 65.2 Å². The van der Waals surface area contributed by atoms with Gasteiger partial charge < -0.3 is 10.0 Å². The average Bonchev–Trinajstić information content (AvgIpc) is 3.30. The standard InChI is InChI=1S/C17H24F3N3O3/c1-9(16(25)26)7-22(13-5-6-13)15(24)10(2)14-11(3)21-23(12(14)4)8-17(18,19)20/h9-10,13H,5-8H2,1-4H3,(H,25,26). The molecule has 0 saturated heterocycles. The molecule has 2 unspecified atom stereocenters. The fraction of sp³-hybridized carbons (Fsp3) is 0.706. The maximum atomic E-state index is 13.0. The lowest BCUT2D eigenvalue weighted by Crippen LogP contribution is -2.40. The molecule has 1 heterocycles. The van der Waals surface area contributed by atoms with Gasteiger partial charge >= 0.3 is 12.1 Å². The highest BCUT2D eigenvalue weighted by atomic mass is 19.4. The maximum Gasteiger partial charge on any atom is 0.408 e. The van der Waals surface area contributed by atoms with E-state index >= 15 is 0 Å². The number of aliphatic carboxylic acids is 1. The van der Waals surface area contributed by atoms with E-state index in [1.165, 1.54) is 13.8 Å². The number of nitrogens with zero attached hydrogens (tertiary/aromatic N) is 3. The van der Waals surface area contributed by atoms with Crippen LogP contribution < -0.4 is 0 Å². The number of aromatic nitrogens is 2. The van der Waals surface area contributed by atoms with E-state index in [-0.39, 0.29) is 18.5 Å². The van der Waals surface area contributed by atoms with Gasteiger partial charge in [0.15, 0.2) is 0 Å². The number of aryl methyl sites for hydroxylation is 1. The lowest BCUT2D eigenvalue weighted by molar-refractivity contribution is -0.144. The molecule has 0 aliphatic heterocycles. The summed E-state index contributed by atoms with van der Waals surface area (Å²) in [4.78, 5) is 25.6. The van der Waals surface area contributed by atoms with Gasteiger partial charge in [-0.15, -0.1) is 0 Å². The molecule has 1 saturated carbocycles. The van der Waals surface area contributed by atoms with Crippen LogP contribution >= 0.6 is 0 Å². The van der Waals surface area contributed by atoms with E-state index in [0.29, 0.717) is 17.0 Å². The Morgan fingerprint density at radius 1 is 1.31 bits per heavy atom. The third kappa shape index (κ3) is 4.56. The molecule has 2 atom stereocenters. The van der Waals surface area contributed by atoms with Gasteiger partial charge in [0, 0.05) is 23.8 Å². The van der Waals surface area contributed by atoms with Crippen LogP contribution in [-0.2, 0) is 16.1 Å². The molecule has 1 amide bonds. The molecule has 0 aromatic carbocycles. The Morgan fingerprint density at radius 3 is 2.35 bits per heavy atom. The van der Waals surface area contributed by atoms with Crippen molar-refractivity contribution in [3.63, 3.8) is 0 Å². The molecule has 0 bridgehead atoms. The molecular weight excluding hydrogens is 351 g/mol. The summed E-state index contributed by atoms with van der Waals surface area (Å²) in [6.07, 6.45) is -2.77. The van der Waals surface area contributed by atoms with Gasteiger partial charge in [0.05, 0.1) is 17.5 Å². The van der Waals surface area contributed by atoms with Crippen LogP contribution in [-0.4, -0.2) is 50.4 Å². The first kappa shape index (κ1) is 20.3. The van der Waals surface area contributed by atoms with E-state index in [4.69, 9.17) is 5.11 Å². The van der Waals surface area contributed by atoms with Crippen molar-refractivity contribution in [1.29, 1.82) is 0 Å². The van der Waals surface area contributed by atoms with Crippen molar-refractivity contribution in [3.8, 4) is 0 Å². The molecular formula is C17H24F3N3O3. The lowest BCUT2D eigenvalue weighted by Gasteiger charge is -2.27. The van der Waals surface area contributed by atoms with Gasteiger partial charge in [0.2, 0.25) is 5.91 Å². The fourth-order valence-electron chi connectivity index (χ4n) is 3.21.